The van der Waals surface area contributed by atoms with Crippen molar-refractivity contribution in [2.45, 2.75) is 38.1 Å². The van der Waals surface area contributed by atoms with E-state index >= 15 is 0 Å². The molecule has 0 radical (unpaired) electrons. The number of amides is 2. The van der Waals surface area contributed by atoms with Crippen molar-refractivity contribution in [3.05, 3.63) is 0 Å². The second-order valence-corrected chi connectivity index (χ2v) is 8.44. The summed E-state index contributed by atoms with van der Waals surface area (Å²) in [5.41, 5.74) is -1.21. The van der Waals surface area contributed by atoms with E-state index in [0.717, 1.165) is 12.8 Å². The molecule has 8 heteroatoms. The van der Waals surface area contributed by atoms with Crippen LogP contribution in [0.4, 0.5) is 4.79 Å². The third kappa shape index (κ3) is 3.66. The topological polar surface area (TPSA) is 104 Å². The summed E-state index contributed by atoms with van der Waals surface area (Å²) in [5.74, 6) is -0.656. The average molecular weight is 318 g/mol. The highest BCUT2D eigenvalue weighted by atomic mass is 32.2. The van der Waals surface area contributed by atoms with Crippen molar-refractivity contribution in [1.29, 1.82) is 0 Å². The standard InChI is InChI=1S/C13H22N2O5S/c1-10-2-4-13(5-3-10,11(16)17)14-12(18)15-6-8-21(19,20)9-7-15/h10H,2-9H2,1H3,(H,14,18)(H,16,17). The highest BCUT2D eigenvalue weighted by Crippen LogP contribution is 2.32. The number of hydrogen-bond acceptors (Lipinski definition) is 4. The number of urea groups is 1. The average Bonchev–Trinajstić information content (AvgIpc) is 2.41. The summed E-state index contributed by atoms with van der Waals surface area (Å²) >= 11 is 0. The lowest BCUT2D eigenvalue weighted by Crippen LogP contribution is -2.60. The smallest absolute Gasteiger partial charge is 0.329 e. The number of aliphatic carboxylic acids is 1. The molecule has 0 spiro atoms. The number of carbonyl (C=O) groups excluding carboxylic acids is 1. The second-order valence-electron chi connectivity index (χ2n) is 6.14. The quantitative estimate of drug-likeness (QED) is 0.770. The molecule has 2 amide bonds. The van der Waals surface area contributed by atoms with Gasteiger partial charge in [0.2, 0.25) is 0 Å². The summed E-state index contributed by atoms with van der Waals surface area (Å²) < 4.78 is 22.7. The van der Waals surface area contributed by atoms with Gasteiger partial charge in [-0.15, -0.1) is 0 Å². The van der Waals surface area contributed by atoms with Gasteiger partial charge >= 0.3 is 12.0 Å². The molecule has 1 aliphatic heterocycles. The maximum atomic E-state index is 12.2. The van der Waals surface area contributed by atoms with Gasteiger partial charge in [-0.05, 0) is 31.6 Å². The van der Waals surface area contributed by atoms with Crippen LogP contribution in [0.15, 0.2) is 0 Å². The van der Waals surface area contributed by atoms with Gasteiger partial charge in [-0.3, -0.25) is 0 Å². The van der Waals surface area contributed by atoms with Crippen molar-refractivity contribution in [2.75, 3.05) is 24.6 Å². The summed E-state index contributed by atoms with van der Waals surface area (Å²) in [6, 6.07) is -0.471. The molecule has 1 aliphatic carbocycles. The molecule has 2 rings (SSSR count). The Morgan fingerprint density at radius 3 is 2.19 bits per heavy atom. The highest BCUT2D eigenvalue weighted by molar-refractivity contribution is 7.91. The van der Waals surface area contributed by atoms with Gasteiger partial charge in [0, 0.05) is 13.1 Å². The molecule has 0 unspecified atom stereocenters. The minimum absolute atomic E-state index is 0.0580. The Hall–Kier alpha value is -1.31. The van der Waals surface area contributed by atoms with E-state index in [4.69, 9.17) is 0 Å². The van der Waals surface area contributed by atoms with Crippen molar-refractivity contribution in [3.63, 3.8) is 0 Å². The van der Waals surface area contributed by atoms with E-state index in [1.165, 1.54) is 4.90 Å². The summed E-state index contributed by atoms with van der Waals surface area (Å²) in [6.45, 7) is 2.32. The Kier molecular flexibility index (Phi) is 4.46. The molecule has 2 fully saturated rings. The third-order valence-electron chi connectivity index (χ3n) is 4.52. The number of hydrogen-bond donors (Lipinski definition) is 2. The minimum Gasteiger partial charge on any atom is -0.480 e. The van der Waals surface area contributed by atoms with E-state index in [9.17, 15) is 23.1 Å². The lowest BCUT2D eigenvalue weighted by molar-refractivity contribution is -0.146. The fourth-order valence-electron chi connectivity index (χ4n) is 2.85. The molecule has 120 valence electrons. The molecule has 21 heavy (non-hydrogen) atoms. The normalized spacial score (nSPS) is 32.4. The molecule has 1 saturated heterocycles. The van der Waals surface area contributed by atoms with Crippen LogP contribution in [0.1, 0.15) is 32.6 Å². The SMILES string of the molecule is CC1CCC(NC(=O)N2CCS(=O)(=O)CC2)(C(=O)O)CC1. The van der Waals surface area contributed by atoms with Crippen LogP contribution in [0.2, 0.25) is 0 Å². The molecule has 0 aromatic rings. The lowest BCUT2D eigenvalue weighted by atomic mass is 9.77. The van der Waals surface area contributed by atoms with E-state index < -0.39 is 27.4 Å². The monoisotopic (exact) mass is 318 g/mol. The Bertz CT molecular complexity index is 509. The van der Waals surface area contributed by atoms with Gasteiger partial charge in [-0.2, -0.15) is 0 Å². The van der Waals surface area contributed by atoms with Crippen molar-refractivity contribution in [3.8, 4) is 0 Å². The molecular weight excluding hydrogens is 296 g/mol. The van der Waals surface area contributed by atoms with E-state index in [1.807, 2.05) is 0 Å². The maximum absolute atomic E-state index is 12.2. The first-order chi connectivity index (χ1) is 9.74. The molecule has 0 atom stereocenters. The Morgan fingerprint density at radius 1 is 1.19 bits per heavy atom. The van der Waals surface area contributed by atoms with Gasteiger partial charge in [0.1, 0.15) is 5.54 Å². The van der Waals surface area contributed by atoms with Crippen LogP contribution < -0.4 is 5.32 Å². The second kappa shape index (κ2) is 5.82. The summed E-state index contributed by atoms with van der Waals surface area (Å²) in [7, 11) is -3.06. The number of carbonyl (C=O) groups is 2. The van der Waals surface area contributed by atoms with Crippen molar-refractivity contribution < 1.29 is 23.1 Å². The zero-order valence-electron chi connectivity index (χ0n) is 12.2. The van der Waals surface area contributed by atoms with Crippen LogP contribution in [0.5, 0.6) is 0 Å². The third-order valence-corrected chi connectivity index (χ3v) is 6.12. The van der Waals surface area contributed by atoms with Crippen LogP contribution >= 0.6 is 0 Å². The number of nitrogens with one attached hydrogen (secondary N) is 1. The molecule has 0 bridgehead atoms. The summed E-state index contributed by atoms with van der Waals surface area (Å²) in [4.78, 5) is 25.2. The molecule has 1 saturated carbocycles. The van der Waals surface area contributed by atoms with Crippen LogP contribution in [0.3, 0.4) is 0 Å². The van der Waals surface area contributed by atoms with Crippen LogP contribution in [0, 0.1) is 5.92 Å². The first-order valence-electron chi connectivity index (χ1n) is 7.25. The molecule has 1 heterocycles. The van der Waals surface area contributed by atoms with Gasteiger partial charge in [-0.1, -0.05) is 6.92 Å². The van der Waals surface area contributed by atoms with Crippen LogP contribution in [0.25, 0.3) is 0 Å². The van der Waals surface area contributed by atoms with Crippen LogP contribution in [-0.4, -0.2) is 60.6 Å². The first kappa shape index (κ1) is 16.1. The Balaban J connectivity index is 2.01. The van der Waals surface area contributed by atoms with E-state index in [1.54, 1.807) is 0 Å². The molecule has 0 aromatic heterocycles. The number of rotatable bonds is 2. The molecular formula is C13H22N2O5S. The number of nitrogens with zero attached hydrogens (tertiary/aromatic N) is 1. The maximum Gasteiger partial charge on any atom is 0.329 e. The summed E-state index contributed by atoms with van der Waals surface area (Å²) in [5, 5.41) is 12.1. The number of carboxylic acids is 1. The van der Waals surface area contributed by atoms with Gasteiger partial charge < -0.3 is 15.3 Å². The Labute approximate surface area is 124 Å². The fourth-order valence-corrected chi connectivity index (χ4v) is 4.05. The van der Waals surface area contributed by atoms with Crippen molar-refractivity contribution >= 4 is 21.8 Å². The molecule has 2 N–H and O–H groups in total. The van der Waals surface area contributed by atoms with Gasteiger partial charge in [-0.25, -0.2) is 18.0 Å². The number of carboxylic acid groups (broad SMARTS) is 1. The lowest BCUT2D eigenvalue weighted by Gasteiger charge is -2.38. The fraction of sp³-hybridized carbons (Fsp3) is 0.846. The van der Waals surface area contributed by atoms with E-state index in [0.29, 0.717) is 18.8 Å². The van der Waals surface area contributed by atoms with Crippen LogP contribution in [-0.2, 0) is 14.6 Å². The number of sulfone groups is 1. The van der Waals surface area contributed by atoms with Gasteiger partial charge in [0.25, 0.3) is 0 Å². The highest BCUT2D eigenvalue weighted by Gasteiger charge is 2.43. The van der Waals surface area contributed by atoms with Gasteiger partial charge in [0.05, 0.1) is 11.5 Å². The van der Waals surface area contributed by atoms with Crippen molar-refractivity contribution in [1.82, 2.24) is 10.2 Å². The minimum atomic E-state index is -3.06. The molecule has 7 nitrogen and oxygen atoms in total. The summed E-state index contributed by atoms with van der Waals surface area (Å²) in [6.07, 6.45) is 2.37. The van der Waals surface area contributed by atoms with Crippen molar-refractivity contribution in [2.24, 2.45) is 5.92 Å². The molecule has 0 aromatic carbocycles. The van der Waals surface area contributed by atoms with Gasteiger partial charge in [0.15, 0.2) is 9.84 Å². The first-order valence-corrected chi connectivity index (χ1v) is 9.07. The van der Waals surface area contributed by atoms with E-state index in [-0.39, 0.29) is 24.6 Å². The predicted molar refractivity (Wildman–Crippen MR) is 76.8 cm³/mol. The molecule has 2 aliphatic rings. The Morgan fingerprint density at radius 2 is 1.71 bits per heavy atom. The zero-order chi connectivity index (χ0) is 15.7. The largest absolute Gasteiger partial charge is 0.480 e. The van der Waals surface area contributed by atoms with E-state index in [2.05, 4.69) is 12.2 Å². The zero-order valence-corrected chi connectivity index (χ0v) is 13.0. The predicted octanol–water partition coefficient (Wildman–Crippen LogP) is 0.460.